The summed E-state index contributed by atoms with van der Waals surface area (Å²) in [6.45, 7) is 8.44. The van der Waals surface area contributed by atoms with E-state index in [0.717, 1.165) is 30.7 Å². The number of amides is 1. The molecule has 1 aliphatic rings. The standard InChI is InChI=1S/C33H45FN4O9S2/c1-21-18-38(22(2)20-39)33(40)29-17-27(36-48(41,42)28-13-10-26(34)11-14-28)12-15-30(29)46-23(3)9-7-8-16-45-31(21)19-37(6)49(43,44)32-24(4)35-47-25(32)5/h10-15,17,21-23,31,36,39H,7-9,16,18-20H2,1-6H3/t21-,22+,23+,31-/m0/s1. The average molecular weight is 725 g/mol. The number of likely N-dealkylation sites (N-methyl/N-ethyl adjacent to an activating group) is 1. The smallest absolute Gasteiger partial charge is 0.261 e. The Labute approximate surface area is 287 Å². The number of halogens is 1. The molecule has 16 heteroatoms. The fraction of sp³-hybridized carbons (Fsp3) is 0.515. The number of fused-ring (bicyclic) bond motifs is 1. The number of carbonyl (C=O) groups is 1. The molecule has 3 aromatic rings. The number of benzene rings is 2. The van der Waals surface area contributed by atoms with E-state index in [1.807, 2.05) is 13.8 Å². The zero-order chi connectivity index (χ0) is 36.1. The molecule has 0 saturated heterocycles. The van der Waals surface area contributed by atoms with Crippen molar-refractivity contribution in [3.05, 3.63) is 65.3 Å². The highest BCUT2D eigenvalue weighted by Crippen LogP contribution is 2.30. The summed E-state index contributed by atoms with van der Waals surface area (Å²) in [4.78, 5) is 15.6. The van der Waals surface area contributed by atoms with Crippen LogP contribution < -0.4 is 9.46 Å². The first-order chi connectivity index (χ1) is 23.0. The molecule has 0 radical (unpaired) electrons. The number of sulfonamides is 2. The van der Waals surface area contributed by atoms with E-state index < -0.39 is 49.8 Å². The minimum atomic E-state index is -4.13. The number of aliphatic hydroxyl groups excluding tert-OH is 1. The quantitative estimate of drug-likeness (QED) is 0.324. The van der Waals surface area contributed by atoms with Crippen LogP contribution in [0.5, 0.6) is 5.75 Å². The molecule has 1 aromatic heterocycles. The summed E-state index contributed by atoms with van der Waals surface area (Å²) < 4.78 is 88.0. The Kier molecular flexibility index (Phi) is 12.5. The van der Waals surface area contributed by atoms with Crippen LogP contribution in [0.1, 0.15) is 61.8 Å². The predicted octanol–water partition coefficient (Wildman–Crippen LogP) is 4.35. The lowest BCUT2D eigenvalue weighted by molar-refractivity contribution is -0.00835. The lowest BCUT2D eigenvalue weighted by Gasteiger charge is -2.35. The van der Waals surface area contributed by atoms with E-state index in [2.05, 4.69) is 9.88 Å². The Bertz CT molecular complexity index is 1800. The normalized spacial score (nSPS) is 20.7. The van der Waals surface area contributed by atoms with Crippen molar-refractivity contribution in [1.82, 2.24) is 14.4 Å². The van der Waals surface area contributed by atoms with Crippen LogP contribution in [0, 0.1) is 25.6 Å². The van der Waals surface area contributed by atoms with Gasteiger partial charge in [-0.15, -0.1) is 0 Å². The topological polar surface area (TPSA) is 169 Å². The van der Waals surface area contributed by atoms with Gasteiger partial charge < -0.3 is 24.0 Å². The van der Waals surface area contributed by atoms with Gasteiger partial charge in [-0.2, -0.15) is 4.31 Å². The zero-order valence-corrected chi connectivity index (χ0v) is 30.2. The number of aliphatic hydroxyl groups is 1. The van der Waals surface area contributed by atoms with E-state index >= 15 is 0 Å². The lowest BCUT2D eigenvalue weighted by Crippen LogP contribution is -2.48. The molecular weight excluding hydrogens is 680 g/mol. The van der Waals surface area contributed by atoms with E-state index in [1.54, 1.807) is 13.8 Å². The maximum Gasteiger partial charge on any atom is 0.261 e. The SMILES string of the molecule is Cc1noc(C)c1S(=O)(=O)N(C)C[C@@H]1OCCCC[C@@H](C)Oc2ccc(NS(=O)(=O)c3ccc(F)cc3)cc2C(=O)N([C@H](C)CO)C[C@@H]1C. The van der Waals surface area contributed by atoms with Gasteiger partial charge in [0.05, 0.1) is 35.3 Å². The molecule has 4 rings (SSSR count). The van der Waals surface area contributed by atoms with Crippen molar-refractivity contribution in [2.24, 2.45) is 5.92 Å². The molecule has 0 fully saturated rings. The molecule has 2 heterocycles. The van der Waals surface area contributed by atoms with Crippen molar-refractivity contribution < 1.29 is 45.1 Å². The molecule has 1 aliphatic heterocycles. The molecule has 0 saturated carbocycles. The highest BCUT2D eigenvalue weighted by molar-refractivity contribution is 7.92. The fourth-order valence-corrected chi connectivity index (χ4v) is 8.14. The fourth-order valence-electron chi connectivity index (χ4n) is 5.63. The number of hydrogen-bond acceptors (Lipinski definition) is 10. The summed E-state index contributed by atoms with van der Waals surface area (Å²) in [7, 11) is -6.67. The summed E-state index contributed by atoms with van der Waals surface area (Å²) in [6.07, 6.45) is 1.05. The van der Waals surface area contributed by atoms with Crippen molar-refractivity contribution in [3.63, 3.8) is 0 Å². The molecule has 0 unspecified atom stereocenters. The Morgan fingerprint density at radius 1 is 1.10 bits per heavy atom. The van der Waals surface area contributed by atoms with E-state index in [4.69, 9.17) is 14.0 Å². The van der Waals surface area contributed by atoms with Gasteiger partial charge in [0.2, 0.25) is 10.0 Å². The number of hydrogen-bond donors (Lipinski definition) is 2. The first-order valence-corrected chi connectivity index (χ1v) is 19.0. The van der Waals surface area contributed by atoms with Crippen LogP contribution in [0.3, 0.4) is 0 Å². The summed E-state index contributed by atoms with van der Waals surface area (Å²) in [5.41, 5.74) is 0.379. The molecule has 0 aliphatic carbocycles. The third-order valence-electron chi connectivity index (χ3n) is 8.50. The highest BCUT2D eigenvalue weighted by Gasteiger charge is 2.34. The van der Waals surface area contributed by atoms with Crippen LogP contribution >= 0.6 is 0 Å². The highest BCUT2D eigenvalue weighted by atomic mass is 32.2. The second-order valence-electron chi connectivity index (χ2n) is 12.5. The minimum absolute atomic E-state index is 0.00861. The molecule has 13 nitrogen and oxygen atoms in total. The predicted molar refractivity (Wildman–Crippen MR) is 180 cm³/mol. The maximum atomic E-state index is 14.4. The Morgan fingerprint density at radius 3 is 2.43 bits per heavy atom. The van der Waals surface area contributed by atoms with Crippen molar-refractivity contribution in [2.75, 3.05) is 38.1 Å². The molecule has 1 amide bonds. The average Bonchev–Trinajstić information content (AvgIpc) is 3.40. The summed E-state index contributed by atoms with van der Waals surface area (Å²) in [5, 5.41) is 14.0. The van der Waals surface area contributed by atoms with Gasteiger partial charge in [-0.1, -0.05) is 12.1 Å². The molecule has 2 N–H and O–H groups in total. The Hall–Kier alpha value is -3.57. The van der Waals surface area contributed by atoms with Crippen molar-refractivity contribution >= 4 is 31.6 Å². The van der Waals surface area contributed by atoms with Crippen LogP contribution in [0.4, 0.5) is 10.1 Å². The third kappa shape index (κ3) is 9.16. The van der Waals surface area contributed by atoms with Gasteiger partial charge in [0, 0.05) is 38.3 Å². The molecule has 270 valence electrons. The number of rotatable bonds is 9. The maximum absolute atomic E-state index is 14.4. The second-order valence-corrected chi connectivity index (χ2v) is 16.2. The second kappa shape index (κ2) is 16.0. The van der Waals surface area contributed by atoms with Gasteiger partial charge in [-0.05, 0) is 89.4 Å². The van der Waals surface area contributed by atoms with Gasteiger partial charge in [-0.3, -0.25) is 9.52 Å². The molecule has 0 bridgehead atoms. The first kappa shape index (κ1) is 38.2. The van der Waals surface area contributed by atoms with Gasteiger partial charge >= 0.3 is 0 Å². The number of anilines is 1. The molecule has 0 spiro atoms. The van der Waals surface area contributed by atoms with Gasteiger partial charge in [0.1, 0.15) is 22.2 Å². The first-order valence-electron chi connectivity index (χ1n) is 16.1. The largest absolute Gasteiger partial charge is 0.490 e. The van der Waals surface area contributed by atoms with E-state index in [9.17, 15) is 31.1 Å². The van der Waals surface area contributed by atoms with Crippen LogP contribution in [0.25, 0.3) is 0 Å². The van der Waals surface area contributed by atoms with Gasteiger partial charge in [0.25, 0.3) is 15.9 Å². The third-order valence-corrected chi connectivity index (χ3v) is 12.0. The van der Waals surface area contributed by atoms with E-state index in [-0.39, 0.29) is 64.0 Å². The van der Waals surface area contributed by atoms with Crippen LogP contribution in [-0.2, 0) is 24.8 Å². The summed E-state index contributed by atoms with van der Waals surface area (Å²) in [6, 6.07) is 8.02. The number of nitrogens with one attached hydrogen (secondary N) is 1. The van der Waals surface area contributed by atoms with Crippen molar-refractivity contribution in [1.29, 1.82) is 0 Å². The Balaban J connectivity index is 1.69. The monoisotopic (exact) mass is 724 g/mol. The van der Waals surface area contributed by atoms with E-state index in [1.165, 1.54) is 41.4 Å². The number of aromatic nitrogens is 1. The van der Waals surface area contributed by atoms with Crippen LogP contribution in [-0.4, -0.2) is 93.8 Å². The number of ether oxygens (including phenoxy) is 2. The summed E-state index contributed by atoms with van der Waals surface area (Å²) in [5.74, 6) is -1.14. The van der Waals surface area contributed by atoms with Gasteiger partial charge in [-0.25, -0.2) is 21.2 Å². The minimum Gasteiger partial charge on any atom is -0.490 e. The lowest BCUT2D eigenvalue weighted by atomic mass is 10.0. The number of carbonyl (C=O) groups excluding carboxylic acids is 1. The zero-order valence-electron chi connectivity index (χ0n) is 28.5. The molecule has 49 heavy (non-hydrogen) atoms. The number of aryl methyl sites for hydroxylation is 2. The molecule has 2 aromatic carbocycles. The summed E-state index contributed by atoms with van der Waals surface area (Å²) >= 11 is 0. The van der Waals surface area contributed by atoms with Crippen LogP contribution in [0.15, 0.2) is 56.8 Å². The molecular formula is C33H45FN4O9S2. The van der Waals surface area contributed by atoms with Crippen molar-refractivity contribution in [3.8, 4) is 5.75 Å². The molecule has 4 atom stereocenters. The number of nitrogens with zero attached hydrogens (tertiary/aromatic N) is 3. The van der Waals surface area contributed by atoms with E-state index in [0.29, 0.717) is 19.4 Å². The van der Waals surface area contributed by atoms with Crippen LogP contribution in [0.2, 0.25) is 0 Å². The van der Waals surface area contributed by atoms with Crippen molar-refractivity contribution in [2.45, 2.75) is 81.9 Å². The Morgan fingerprint density at radius 2 is 1.80 bits per heavy atom. The van der Waals surface area contributed by atoms with Gasteiger partial charge in [0.15, 0.2) is 5.76 Å².